The van der Waals surface area contributed by atoms with Crippen molar-refractivity contribution in [3.63, 3.8) is 0 Å². The van der Waals surface area contributed by atoms with Crippen molar-refractivity contribution in [1.29, 1.82) is 0 Å². The highest BCUT2D eigenvalue weighted by Gasteiger charge is 2.27. The summed E-state index contributed by atoms with van der Waals surface area (Å²) >= 11 is 0. The van der Waals surface area contributed by atoms with Crippen LogP contribution in [0.25, 0.3) is 0 Å². The van der Waals surface area contributed by atoms with E-state index in [1.54, 1.807) is 6.92 Å². The molecule has 2 nitrogen and oxygen atoms in total. The highest BCUT2D eigenvalue weighted by molar-refractivity contribution is 5.93. The molecule has 62 valence electrons. The quantitative estimate of drug-likeness (QED) is 0.551. The van der Waals surface area contributed by atoms with Gasteiger partial charge in [-0.25, -0.2) is 9.18 Å². The molecule has 1 unspecified atom stereocenters. The number of ether oxygens (including phenoxy) is 1. The Kier molecular flexibility index (Phi) is 1.40. The summed E-state index contributed by atoms with van der Waals surface area (Å²) in [6, 6.07) is 4.06. The minimum absolute atomic E-state index is 0.316. The summed E-state index contributed by atoms with van der Waals surface area (Å²) < 4.78 is 17.6. The lowest BCUT2D eigenvalue weighted by Crippen LogP contribution is -1.93. The van der Waals surface area contributed by atoms with Crippen LogP contribution in [-0.4, -0.2) is 5.97 Å². The molecule has 1 atom stereocenters. The van der Waals surface area contributed by atoms with E-state index < -0.39 is 0 Å². The minimum Gasteiger partial charge on any atom is -0.454 e. The molecule has 0 aliphatic carbocycles. The van der Waals surface area contributed by atoms with Gasteiger partial charge >= 0.3 is 5.97 Å². The third kappa shape index (κ3) is 0.897. The summed E-state index contributed by atoms with van der Waals surface area (Å²) in [7, 11) is 0. The number of benzene rings is 1. The highest BCUT2D eigenvalue weighted by atomic mass is 19.1. The van der Waals surface area contributed by atoms with Gasteiger partial charge in [-0.05, 0) is 25.1 Å². The van der Waals surface area contributed by atoms with Crippen LogP contribution in [0.1, 0.15) is 28.9 Å². The number of hydrogen-bond donors (Lipinski definition) is 0. The Balaban J connectivity index is 2.60. The molecule has 1 aliphatic rings. The fourth-order valence-electron chi connectivity index (χ4n) is 1.34. The average molecular weight is 166 g/mol. The zero-order valence-corrected chi connectivity index (χ0v) is 6.50. The summed E-state index contributed by atoms with van der Waals surface area (Å²) in [6.45, 7) is 1.73. The number of fused-ring (bicyclic) bond motifs is 1. The molecule has 0 fully saturated rings. The Bertz CT molecular complexity index is 346. The van der Waals surface area contributed by atoms with Gasteiger partial charge in [0, 0.05) is 5.56 Å². The maximum absolute atomic E-state index is 12.7. The molecule has 0 aromatic heterocycles. The normalized spacial score (nSPS) is 20.5. The van der Waals surface area contributed by atoms with E-state index in [-0.39, 0.29) is 17.9 Å². The Morgan fingerprint density at radius 3 is 3.00 bits per heavy atom. The highest BCUT2D eigenvalue weighted by Crippen LogP contribution is 2.30. The monoisotopic (exact) mass is 166 g/mol. The van der Waals surface area contributed by atoms with E-state index in [4.69, 9.17) is 4.74 Å². The van der Waals surface area contributed by atoms with E-state index >= 15 is 0 Å². The zero-order valence-electron chi connectivity index (χ0n) is 6.50. The van der Waals surface area contributed by atoms with Crippen LogP contribution in [-0.2, 0) is 4.74 Å². The van der Waals surface area contributed by atoms with Crippen LogP contribution in [0.5, 0.6) is 0 Å². The van der Waals surface area contributed by atoms with Crippen molar-refractivity contribution < 1.29 is 13.9 Å². The third-order valence-electron chi connectivity index (χ3n) is 1.96. The summed E-state index contributed by atoms with van der Waals surface area (Å²) in [4.78, 5) is 11.0. The minimum atomic E-state index is -0.363. The second-order valence-corrected chi connectivity index (χ2v) is 2.78. The molecule has 0 amide bonds. The average Bonchev–Trinajstić information content (AvgIpc) is 2.28. The fraction of sp³-hybridized carbons (Fsp3) is 0.222. The lowest BCUT2D eigenvalue weighted by molar-refractivity contribution is 0.0421. The van der Waals surface area contributed by atoms with E-state index in [2.05, 4.69) is 0 Å². The van der Waals surface area contributed by atoms with Crippen molar-refractivity contribution in [3.05, 3.63) is 35.1 Å². The molecule has 3 heteroatoms. The molecular formula is C9H7FO2. The molecule has 0 N–H and O–H groups in total. The summed E-state index contributed by atoms with van der Waals surface area (Å²) in [6.07, 6.45) is -0.316. The SMILES string of the molecule is CC1OC(=O)c2ccc(F)cc21. The van der Waals surface area contributed by atoms with E-state index in [0.29, 0.717) is 11.1 Å². The first-order valence-electron chi connectivity index (χ1n) is 3.69. The zero-order chi connectivity index (χ0) is 8.72. The number of rotatable bonds is 0. The molecule has 2 rings (SSSR count). The van der Waals surface area contributed by atoms with E-state index in [0.717, 1.165) is 0 Å². The summed E-state index contributed by atoms with van der Waals surface area (Å²) in [5, 5.41) is 0. The van der Waals surface area contributed by atoms with Crippen molar-refractivity contribution in [2.75, 3.05) is 0 Å². The molecule has 0 saturated carbocycles. The van der Waals surface area contributed by atoms with Crippen LogP contribution in [0, 0.1) is 5.82 Å². The van der Waals surface area contributed by atoms with Crippen LogP contribution in [0.15, 0.2) is 18.2 Å². The Labute approximate surface area is 69.0 Å². The van der Waals surface area contributed by atoms with Gasteiger partial charge in [0.1, 0.15) is 11.9 Å². The predicted molar refractivity (Wildman–Crippen MR) is 40.2 cm³/mol. The van der Waals surface area contributed by atoms with Gasteiger partial charge in [-0.1, -0.05) is 0 Å². The fourth-order valence-corrected chi connectivity index (χ4v) is 1.34. The Hall–Kier alpha value is -1.38. The number of hydrogen-bond acceptors (Lipinski definition) is 2. The van der Waals surface area contributed by atoms with Crippen molar-refractivity contribution in [3.8, 4) is 0 Å². The van der Waals surface area contributed by atoms with Crippen LogP contribution >= 0.6 is 0 Å². The largest absolute Gasteiger partial charge is 0.454 e. The van der Waals surface area contributed by atoms with E-state index in [1.165, 1.54) is 18.2 Å². The smallest absolute Gasteiger partial charge is 0.339 e. The molecule has 0 bridgehead atoms. The molecule has 0 saturated heterocycles. The molecule has 1 heterocycles. The van der Waals surface area contributed by atoms with Crippen molar-refractivity contribution in [2.24, 2.45) is 0 Å². The standard InChI is InChI=1S/C9H7FO2/c1-5-8-4-6(10)2-3-7(8)9(11)12-5/h2-5H,1H3. The lowest BCUT2D eigenvalue weighted by atomic mass is 10.1. The molecule has 1 aromatic rings. The number of esters is 1. The van der Waals surface area contributed by atoms with Gasteiger partial charge in [0.25, 0.3) is 0 Å². The first-order chi connectivity index (χ1) is 5.68. The van der Waals surface area contributed by atoms with Gasteiger partial charge in [-0.3, -0.25) is 0 Å². The Morgan fingerprint density at radius 2 is 2.25 bits per heavy atom. The van der Waals surface area contributed by atoms with Crippen LogP contribution in [0.4, 0.5) is 4.39 Å². The molecule has 1 aromatic carbocycles. The molecular weight excluding hydrogens is 159 g/mol. The summed E-state index contributed by atoms with van der Waals surface area (Å²) in [5.74, 6) is -0.698. The van der Waals surface area contributed by atoms with Crippen molar-refractivity contribution >= 4 is 5.97 Å². The first-order valence-corrected chi connectivity index (χ1v) is 3.69. The van der Waals surface area contributed by atoms with Gasteiger partial charge in [0.2, 0.25) is 0 Å². The van der Waals surface area contributed by atoms with Gasteiger partial charge in [-0.2, -0.15) is 0 Å². The van der Waals surface area contributed by atoms with Crippen molar-refractivity contribution in [2.45, 2.75) is 13.0 Å². The maximum Gasteiger partial charge on any atom is 0.339 e. The predicted octanol–water partition coefficient (Wildman–Crippen LogP) is 2.06. The lowest BCUT2D eigenvalue weighted by Gasteiger charge is -2.00. The summed E-state index contributed by atoms with van der Waals surface area (Å²) in [5.41, 5.74) is 1.11. The van der Waals surface area contributed by atoms with E-state index in [9.17, 15) is 9.18 Å². The van der Waals surface area contributed by atoms with Gasteiger partial charge in [-0.15, -0.1) is 0 Å². The van der Waals surface area contributed by atoms with Gasteiger partial charge in [0.05, 0.1) is 5.56 Å². The Morgan fingerprint density at radius 1 is 1.50 bits per heavy atom. The first kappa shape index (κ1) is 7.28. The molecule has 12 heavy (non-hydrogen) atoms. The molecule has 0 radical (unpaired) electrons. The molecule has 0 spiro atoms. The van der Waals surface area contributed by atoms with Crippen LogP contribution in [0.3, 0.4) is 0 Å². The maximum atomic E-state index is 12.7. The van der Waals surface area contributed by atoms with Crippen LogP contribution < -0.4 is 0 Å². The second-order valence-electron chi connectivity index (χ2n) is 2.78. The van der Waals surface area contributed by atoms with Gasteiger partial charge < -0.3 is 4.74 Å². The molecule has 1 aliphatic heterocycles. The van der Waals surface area contributed by atoms with Crippen molar-refractivity contribution in [1.82, 2.24) is 0 Å². The number of carbonyl (C=O) groups is 1. The van der Waals surface area contributed by atoms with Gasteiger partial charge in [0.15, 0.2) is 0 Å². The van der Waals surface area contributed by atoms with Crippen LogP contribution in [0.2, 0.25) is 0 Å². The van der Waals surface area contributed by atoms with E-state index in [1.807, 2.05) is 0 Å². The number of halogens is 1. The number of carbonyl (C=O) groups excluding carboxylic acids is 1. The number of cyclic esters (lactones) is 1. The third-order valence-corrected chi connectivity index (χ3v) is 1.96. The second kappa shape index (κ2) is 2.30. The topological polar surface area (TPSA) is 26.3 Å².